The van der Waals surface area contributed by atoms with Crippen LogP contribution < -0.4 is 10.6 Å². The molecule has 3 rings (SSSR count). The normalized spacial score (nSPS) is 16.5. The summed E-state index contributed by atoms with van der Waals surface area (Å²) in [5.74, 6) is 1.85. The molecule has 1 aromatic carbocycles. The molecule has 3 N–H and O–H groups in total. The van der Waals surface area contributed by atoms with Crippen molar-refractivity contribution in [3.63, 3.8) is 0 Å². The van der Waals surface area contributed by atoms with Gasteiger partial charge in [-0.1, -0.05) is 6.07 Å². The molecule has 0 aliphatic heterocycles. The molecule has 1 fully saturated rings. The zero-order valence-electron chi connectivity index (χ0n) is 11.1. The minimum atomic E-state index is 0.269. The van der Waals surface area contributed by atoms with Gasteiger partial charge in [0.2, 0.25) is 0 Å². The molecule has 1 heterocycles. The zero-order chi connectivity index (χ0) is 13.4. The number of phenolic OH excluding ortho intramolecular Hbond substituents is 1. The lowest BCUT2D eigenvalue weighted by Gasteiger charge is -2.29. The van der Waals surface area contributed by atoms with Crippen LogP contribution in [0.3, 0.4) is 0 Å². The quantitative estimate of drug-likeness (QED) is 0.880. The number of aromatic nitrogens is 1. The summed E-state index contributed by atoms with van der Waals surface area (Å²) in [6.45, 7) is 0.637. The predicted octanol–water partition coefficient (Wildman–Crippen LogP) is 2.11. The summed E-state index contributed by atoms with van der Waals surface area (Å²) in [6.07, 6.45) is 4.32. The van der Waals surface area contributed by atoms with Gasteiger partial charge >= 0.3 is 0 Å². The summed E-state index contributed by atoms with van der Waals surface area (Å²) in [4.78, 5) is 6.65. The number of phenols is 1. The molecule has 1 atom stereocenters. The van der Waals surface area contributed by atoms with Gasteiger partial charge in [0.25, 0.3) is 0 Å². The zero-order valence-corrected chi connectivity index (χ0v) is 11.1. The van der Waals surface area contributed by atoms with E-state index in [0.29, 0.717) is 18.5 Å². The lowest BCUT2D eigenvalue weighted by Crippen LogP contribution is -2.40. The highest BCUT2D eigenvalue weighted by atomic mass is 16.3. The number of benzene rings is 1. The van der Waals surface area contributed by atoms with E-state index in [4.69, 9.17) is 5.73 Å². The summed E-state index contributed by atoms with van der Waals surface area (Å²) in [6, 6.07) is 7.68. The first-order valence-corrected chi connectivity index (χ1v) is 6.71. The number of hydrogen-bond donors (Lipinski definition) is 2. The second-order valence-corrected chi connectivity index (χ2v) is 5.29. The van der Waals surface area contributed by atoms with Gasteiger partial charge in [-0.05, 0) is 42.3 Å². The summed E-state index contributed by atoms with van der Waals surface area (Å²) in [5, 5.41) is 11.7. The third kappa shape index (κ3) is 2.24. The van der Waals surface area contributed by atoms with Gasteiger partial charge in [-0.25, -0.2) is 4.98 Å². The Hall–Kier alpha value is -1.81. The highest BCUT2D eigenvalue weighted by Gasteiger charge is 2.33. The molecular weight excluding hydrogens is 238 g/mol. The molecule has 0 saturated heterocycles. The molecular formula is C15H19N3O. The van der Waals surface area contributed by atoms with E-state index in [1.165, 1.54) is 12.8 Å². The van der Waals surface area contributed by atoms with Crippen LogP contribution in [-0.4, -0.2) is 29.7 Å². The maximum Gasteiger partial charge on any atom is 0.136 e. The van der Waals surface area contributed by atoms with E-state index in [1.807, 2.05) is 25.4 Å². The average molecular weight is 257 g/mol. The fraction of sp³-hybridized carbons (Fsp3) is 0.400. The van der Waals surface area contributed by atoms with Gasteiger partial charge < -0.3 is 15.7 Å². The first kappa shape index (κ1) is 12.2. The SMILES string of the molecule is CN(c1nccc2ccc(O)cc12)C(CN)C1CC1. The second-order valence-electron chi connectivity index (χ2n) is 5.29. The second kappa shape index (κ2) is 4.70. The van der Waals surface area contributed by atoms with Gasteiger partial charge in [0, 0.05) is 31.2 Å². The van der Waals surface area contributed by atoms with Crippen LogP contribution in [0.2, 0.25) is 0 Å². The number of hydrogen-bond acceptors (Lipinski definition) is 4. The Morgan fingerprint density at radius 2 is 2.21 bits per heavy atom. The van der Waals surface area contributed by atoms with Crippen LogP contribution in [0.15, 0.2) is 30.5 Å². The number of nitrogens with zero attached hydrogens (tertiary/aromatic N) is 2. The first-order chi connectivity index (χ1) is 9.20. The smallest absolute Gasteiger partial charge is 0.136 e. The summed E-state index contributed by atoms with van der Waals surface area (Å²) >= 11 is 0. The van der Waals surface area contributed by atoms with Crippen molar-refractivity contribution >= 4 is 16.6 Å². The monoisotopic (exact) mass is 257 g/mol. The molecule has 100 valence electrons. The molecule has 19 heavy (non-hydrogen) atoms. The molecule has 1 saturated carbocycles. The van der Waals surface area contributed by atoms with Crippen LogP contribution in [0.4, 0.5) is 5.82 Å². The van der Waals surface area contributed by atoms with Gasteiger partial charge in [-0.2, -0.15) is 0 Å². The van der Waals surface area contributed by atoms with Crippen molar-refractivity contribution in [3.05, 3.63) is 30.5 Å². The highest BCUT2D eigenvalue weighted by Crippen LogP contribution is 2.37. The Morgan fingerprint density at radius 3 is 2.89 bits per heavy atom. The van der Waals surface area contributed by atoms with Gasteiger partial charge in [-0.3, -0.25) is 0 Å². The minimum Gasteiger partial charge on any atom is -0.508 e. The lowest BCUT2D eigenvalue weighted by molar-refractivity contribution is 0.476. The Balaban J connectivity index is 2.05. The number of likely N-dealkylation sites (N-methyl/N-ethyl adjacent to an activating group) is 1. The Labute approximate surface area is 112 Å². The maximum atomic E-state index is 9.68. The van der Waals surface area contributed by atoms with Crippen molar-refractivity contribution in [2.45, 2.75) is 18.9 Å². The van der Waals surface area contributed by atoms with Crippen molar-refractivity contribution in [3.8, 4) is 5.75 Å². The fourth-order valence-electron chi connectivity index (χ4n) is 2.73. The molecule has 4 nitrogen and oxygen atoms in total. The number of aromatic hydroxyl groups is 1. The van der Waals surface area contributed by atoms with E-state index >= 15 is 0 Å². The van der Waals surface area contributed by atoms with E-state index in [-0.39, 0.29) is 5.75 Å². The first-order valence-electron chi connectivity index (χ1n) is 6.71. The van der Waals surface area contributed by atoms with E-state index in [1.54, 1.807) is 12.1 Å². The largest absolute Gasteiger partial charge is 0.508 e. The molecule has 0 amide bonds. The van der Waals surface area contributed by atoms with Crippen molar-refractivity contribution in [1.82, 2.24) is 4.98 Å². The highest BCUT2D eigenvalue weighted by molar-refractivity contribution is 5.93. The van der Waals surface area contributed by atoms with Gasteiger partial charge in [0.05, 0.1) is 0 Å². The Bertz CT molecular complexity index is 595. The number of fused-ring (bicyclic) bond motifs is 1. The van der Waals surface area contributed by atoms with Gasteiger partial charge in [0.15, 0.2) is 0 Å². The van der Waals surface area contributed by atoms with Crippen molar-refractivity contribution in [2.24, 2.45) is 11.7 Å². The van der Waals surface area contributed by atoms with Crippen LogP contribution in [0.25, 0.3) is 10.8 Å². The van der Waals surface area contributed by atoms with E-state index in [0.717, 1.165) is 16.6 Å². The molecule has 0 radical (unpaired) electrons. The van der Waals surface area contributed by atoms with Crippen LogP contribution in [0.1, 0.15) is 12.8 Å². The van der Waals surface area contributed by atoms with E-state index < -0.39 is 0 Å². The number of nitrogens with two attached hydrogens (primary N) is 1. The maximum absolute atomic E-state index is 9.68. The van der Waals surface area contributed by atoms with Crippen molar-refractivity contribution < 1.29 is 5.11 Å². The number of pyridine rings is 1. The number of anilines is 1. The third-order valence-corrected chi connectivity index (χ3v) is 3.97. The summed E-state index contributed by atoms with van der Waals surface area (Å²) in [5.41, 5.74) is 5.91. The summed E-state index contributed by atoms with van der Waals surface area (Å²) < 4.78 is 0. The molecule has 0 spiro atoms. The average Bonchev–Trinajstić information content (AvgIpc) is 3.23. The van der Waals surface area contributed by atoms with Crippen LogP contribution in [0.5, 0.6) is 5.75 Å². The number of rotatable bonds is 4. The topological polar surface area (TPSA) is 62.4 Å². The standard InChI is InChI=1S/C15H19N3O/c1-18(14(9-16)11-2-3-11)15-13-8-12(19)5-4-10(13)6-7-17-15/h4-8,11,14,19H,2-3,9,16H2,1H3. The molecule has 0 bridgehead atoms. The van der Waals surface area contributed by atoms with Gasteiger partial charge in [-0.15, -0.1) is 0 Å². The van der Waals surface area contributed by atoms with Crippen LogP contribution in [0, 0.1) is 5.92 Å². The molecule has 1 aliphatic carbocycles. The third-order valence-electron chi connectivity index (χ3n) is 3.97. The minimum absolute atomic E-state index is 0.269. The van der Waals surface area contributed by atoms with Gasteiger partial charge in [0.1, 0.15) is 11.6 Å². The van der Waals surface area contributed by atoms with Crippen molar-refractivity contribution in [1.29, 1.82) is 0 Å². The lowest BCUT2D eigenvalue weighted by atomic mass is 10.1. The predicted molar refractivity (Wildman–Crippen MR) is 77.4 cm³/mol. The van der Waals surface area contributed by atoms with E-state index in [9.17, 15) is 5.11 Å². The van der Waals surface area contributed by atoms with Crippen molar-refractivity contribution in [2.75, 3.05) is 18.5 Å². The molecule has 1 aliphatic rings. The van der Waals surface area contributed by atoms with E-state index in [2.05, 4.69) is 9.88 Å². The fourth-order valence-corrected chi connectivity index (χ4v) is 2.73. The summed E-state index contributed by atoms with van der Waals surface area (Å²) in [7, 11) is 2.04. The Kier molecular flexibility index (Phi) is 3.03. The molecule has 4 heteroatoms. The molecule has 2 aromatic rings. The molecule has 1 unspecified atom stereocenters. The van der Waals surface area contributed by atoms with Crippen LogP contribution in [-0.2, 0) is 0 Å². The van der Waals surface area contributed by atoms with Crippen LogP contribution >= 0.6 is 0 Å². The molecule has 1 aromatic heterocycles. The Morgan fingerprint density at radius 1 is 1.42 bits per heavy atom.